The predicted octanol–water partition coefficient (Wildman–Crippen LogP) is 2.89. The number of halogens is 1. The quantitative estimate of drug-likeness (QED) is 0.871. The molecule has 84 valence electrons. The third-order valence-electron chi connectivity index (χ3n) is 1.90. The van der Waals surface area contributed by atoms with Crippen LogP contribution in [-0.2, 0) is 6.61 Å². The molecule has 4 nitrogen and oxygen atoms in total. The van der Waals surface area contributed by atoms with Crippen molar-refractivity contribution < 1.29 is 9.47 Å². The Hall–Kier alpha value is -1.14. The van der Waals surface area contributed by atoms with Crippen LogP contribution in [-0.4, -0.2) is 17.3 Å². The van der Waals surface area contributed by atoms with Crippen LogP contribution in [0.5, 0.6) is 10.9 Å². The Balaban J connectivity index is 1.94. The van der Waals surface area contributed by atoms with Gasteiger partial charge in [0, 0.05) is 0 Å². The predicted molar refractivity (Wildman–Crippen MR) is 64.9 cm³/mol. The first-order chi connectivity index (χ1) is 7.78. The number of ether oxygens (including phenoxy) is 2. The van der Waals surface area contributed by atoms with Crippen LogP contribution in [0.25, 0.3) is 0 Å². The van der Waals surface area contributed by atoms with Gasteiger partial charge < -0.3 is 9.47 Å². The maximum atomic E-state index is 5.46. The first-order valence-electron chi connectivity index (χ1n) is 4.52. The molecule has 1 aromatic heterocycles. The van der Waals surface area contributed by atoms with E-state index in [1.807, 2.05) is 24.3 Å². The minimum atomic E-state index is 0.478. The molecule has 0 fully saturated rings. The summed E-state index contributed by atoms with van der Waals surface area (Å²) in [7, 11) is 1.64. The Bertz CT molecular complexity index is 458. The second-order valence-electron chi connectivity index (χ2n) is 2.96. The second-order valence-corrected chi connectivity index (χ2v) is 5.17. The van der Waals surface area contributed by atoms with Crippen molar-refractivity contribution in [3.63, 3.8) is 0 Å². The third-order valence-corrected chi connectivity index (χ3v) is 3.17. The van der Waals surface area contributed by atoms with E-state index in [9.17, 15) is 0 Å². The average Bonchev–Trinajstić information content (AvgIpc) is 2.73. The standard InChI is InChI=1S/C10H9BrN2O2S/c1-14-8-4-2-7(3-5-8)6-15-10-13-12-9(11)16-10/h2-5H,6H2,1H3. The minimum absolute atomic E-state index is 0.478. The van der Waals surface area contributed by atoms with Gasteiger partial charge in [-0.2, -0.15) is 0 Å². The van der Waals surface area contributed by atoms with E-state index in [1.165, 1.54) is 11.3 Å². The Morgan fingerprint density at radius 2 is 2.00 bits per heavy atom. The Kier molecular flexibility index (Phi) is 3.74. The third kappa shape index (κ3) is 2.93. The lowest BCUT2D eigenvalue weighted by atomic mass is 10.2. The lowest BCUT2D eigenvalue weighted by Gasteiger charge is -2.03. The average molecular weight is 301 g/mol. The molecule has 2 aromatic rings. The van der Waals surface area contributed by atoms with Gasteiger partial charge >= 0.3 is 0 Å². The molecule has 0 radical (unpaired) electrons. The first-order valence-corrected chi connectivity index (χ1v) is 6.13. The highest BCUT2D eigenvalue weighted by atomic mass is 79.9. The number of benzene rings is 1. The number of rotatable bonds is 4. The summed E-state index contributed by atoms with van der Waals surface area (Å²) in [6.45, 7) is 0.478. The normalized spacial score (nSPS) is 10.1. The molecule has 0 aliphatic rings. The fraction of sp³-hybridized carbons (Fsp3) is 0.200. The van der Waals surface area contributed by atoms with E-state index in [0.29, 0.717) is 11.8 Å². The molecule has 0 atom stereocenters. The number of hydrogen-bond acceptors (Lipinski definition) is 5. The van der Waals surface area contributed by atoms with E-state index in [0.717, 1.165) is 15.2 Å². The van der Waals surface area contributed by atoms with Crippen LogP contribution >= 0.6 is 27.3 Å². The smallest absolute Gasteiger partial charge is 0.295 e. The fourth-order valence-electron chi connectivity index (χ4n) is 1.12. The van der Waals surface area contributed by atoms with E-state index in [2.05, 4.69) is 26.1 Å². The molecule has 0 unspecified atom stereocenters. The maximum absolute atomic E-state index is 5.46. The minimum Gasteiger partial charge on any atom is -0.497 e. The summed E-state index contributed by atoms with van der Waals surface area (Å²) in [5, 5.41) is 8.19. The van der Waals surface area contributed by atoms with E-state index < -0.39 is 0 Å². The second kappa shape index (κ2) is 5.27. The molecule has 0 spiro atoms. The zero-order valence-corrected chi connectivity index (χ0v) is 10.9. The molecule has 1 heterocycles. The van der Waals surface area contributed by atoms with Gasteiger partial charge in [-0.05, 0) is 45.0 Å². The molecule has 0 aliphatic heterocycles. The molecule has 2 rings (SSSR count). The van der Waals surface area contributed by atoms with Gasteiger partial charge in [-0.1, -0.05) is 17.2 Å². The molecule has 0 amide bonds. The van der Waals surface area contributed by atoms with Gasteiger partial charge in [0.25, 0.3) is 5.19 Å². The lowest BCUT2D eigenvalue weighted by Crippen LogP contribution is -1.95. The van der Waals surface area contributed by atoms with Crippen molar-refractivity contribution in [1.29, 1.82) is 0 Å². The van der Waals surface area contributed by atoms with Crippen molar-refractivity contribution in [2.75, 3.05) is 7.11 Å². The van der Waals surface area contributed by atoms with Gasteiger partial charge in [0.15, 0.2) is 3.92 Å². The molecular weight excluding hydrogens is 292 g/mol. The zero-order valence-electron chi connectivity index (χ0n) is 8.51. The highest BCUT2D eigenvalue weighted by Crippen LogP contribution is 2.23. The molecule has 0 aliphatic carbocycles. The van der Waals surface area contributed by atoms with Crippen LogP contribution in [0.3, 0.4) is 0 Å². The summed E-state index contributed by atoms with van der Waals surface area (Å²) in [5.74, 6) is 0.836. The van der Waals surface area contributed by atoms with E-state index in [1.54, 1.807) is 7.11 Å². The van der Waals surface area contributed by atoms with Crippen molar-refractivity contribution in [3.05, 3.63) is 33.7 Å². The molecule has 0 bridgehead atoms. The summed E-state index contributed by atoms with van der Waals surface area (Å²) in [6, 6.07) is 7.70. The number of aromatic nitrogens is 2. The lowest BCUT2D eigenvalue weighted by molar-refractivity contribution is 0.301. The first kappa shape index (κ1) is 11.3. The number of methoxy groups -OCH3 is 1. The van der Waals surface area contributed by atoms with Gasteiger partial charge in [0.1, 0.15) is 12.4 Å². The fourth-order valence-corrected chi connectivity index (χ4v) is 2.04. The van der Waals surface area contributed by atoms with Crippen LogP contribution in [0.1, 0.15) is 5.56 Å². The summed E-state index contributed by atoms with van der Waals surface area (Å²) in [4.78, 5) is 0. The SMILES string of the molecule is COc1ccc(COc2nnc(Br)s2)cc1. The van der Waals surface area contributed by atoms with Crippen molar-refractivity contribution >= 4 is 27.3 Å². The summed E-state index contributed by atoms with van der Waals surface area (Å²) in [6.07, 6.45) is 0. The zero-order chi connectivity index (χ0) is 11.4. The van der Waals surface area contributed by atoms with Crippen LogP contribution in [0.2, 0.25) is 0 Å². The van der Waals surface area contributed by atoms with Gasteiger partial charge in [0.05, 0.1) is 7.11 Å². The monoisotopic (exact) mass is 300 g/mol. The van der Waals surface area contributed by atoms with Crippen molar-refractivity contribution in [3.8, 4) is 10.9 Å². The van der Waals surface area contributed by atoms with Crippen LogP contribution < -0.4 is 9.47 Å². The number of hydrogen-bond donors (Lipinski definition) is 0. The van der Waals surface area contributed by atoms with Crippen molar-refractivity contribution in [2.45, 2.75) is 6.61 Å². The van der Waals surface area contributed by atoms with E-state index >= 15 is 0 Å². The maximum Gasteiger partial charge on any atom is 0.295 e. The highest BCUT2D eigenvalue weighted by Gasteiger charge is 2.02. The van der Waals surface area contributed by atoms with Gasteiger partial charge in [-0.3, -0.25) is 0 Å². The van der Waals surface area contributed by atoms with Crippen LogP contribution in [0.15, 0.2) is 28.2 Å². The number of nitrogens with zero attached hydrogens (tertiary/aromatic N) is 2. The molecule has 6 heteroatoms. The molecule has 0 saturated carbocycles. The van der Waals surface area contributed by atoms with E-state index in [-0.39, 0.29) is 0 Å². The summed E-state index contributed by atoms with van der Waals surface area (Å²) < 4.78 is 11.2. The van der Waals surface area contributed by atoms with E-state index in [4.69, 9.17) is 9.47 Å². The molecule has 0 saturated heterocycles. The van der Waals surface area contributed by atoms with Gasteiger partial charge in [-0.25, -0.2) is 0 Å². The topological polar surface area (TPSA) is 44.2 Å². The van der Waals surface area contributed by atoms with Crippen LogP contribution in [0.4, 0.5) is 0 Å². The highest BCUT2D eigenvalue weighted by molar-refractivity contribution is 9.11. The van der Waals surface area contributed by atoms with Gasteiger partial charge in [0.2, 0.25) is 0 Å². The summed E-state index contributed by atoms with van der Waals surface area (Å²) >= 11 is 4.59. The molecule has 0 N–H and O–H groups in total. The van der Waals surface area contributed by atoms with Crippen molar-refractivity contribution in [2.24, 2.45) is 0 Å². The Labute approximate surface area is 105 Å². The van der Waals surface area contributed by atoms with Gasteiger partial charge in [-0.15, -0.1) is 5.10 Å². The molecular formula is C10H9BrN2O2S. The molecule has 16 heavy (non-hydrogen) atoms. The van der Waals surface area contributed by atoms with Crippen molar-refractivity contribution in [1.82, 2.24) is 10.2 Å². The largest absolute Gasteiger partial charge is 0.497 e. The Morgan fingerprint density at radius 3 is 2.56 bits per heavy atom. The molecule has 1 aromatic carbocycles. The Morgan fingerprint density at radius 1 is 1.25 bits per heavy atom. The summed E-state index contributed by atoms with van der Waals surface area (Å²) in [5.41, 5.74) is 1.06. The van der Waals surface area contributed by atoms with Crippen LogP contribution in [0, 0.1) is 0 Å².